The fourth-order valence-corrected chi connectivity index (χ4v) is 2.60. The van der Waals surface area contributed by atoms with Crippen LogP contribution in [-0.4, -0.2) is 34.6 Å². The minimum atomic E-state index is -0.639. The third-order valence-electron chi connectivity index (χ3n) is 3.00. The van der Waals surface area contributed by atoms with Gasteiger partial charge >= 0.3 is 0 Å². The molecule has 0 aromatic carbocycles. The van der Waals surface area contributed by atoms with Gasteiger partial charge < -0.3 is 10.0 Å². The third kappa shape index (κ3) is 1.79. The van der Waals surface area contributed by atoms with E-state index in [1.165, 1.54) is 0 Å². The van der Waals surface area contributed by atoms with Crippen molar-refractivity contribution in [1.29, 1.82) is 0 Å². The highest BCUT2D eigenvalue weighted by Gasteiger charge is 2.42. The molecular weight excluding hydrogens is 210 g/mol. The Kier molecular flexibility index (Phi) is 2.56. The van der Waals surface area contributed by atoms with Crippen LogP contribution in [0.3, 0.4) is 0 Å². The highest BCUT2D eigenvalue weighted by molar-refractivity contribution is 7.08. The zero-order valence-corrected chi connectivity index (χ0v) is 9.80. The second kappa shape index (κ2) is 3.61. The summed E-state index contributed by atoms with van der Waals surface area (Å²) in [7, 11) is 0. The molecule has 15 heavy (non-hydrogen) atoms. The monoisotopic (exact) mass is 225 g/mol. The number of carbonyl (C=O) groups is 1. The summed E-state index contributed by atoms with van der Waals surface area (Å²) in [5, 5.41) is 13.7. The van der Waals surface area contributed by atoms with Gasteiger partial charge in [-0.2, -0.15) is 11.3 Å². The van der Waals surface area contributed by atoms with Crippen LogP contribution in [0, 0.1) is 6.92 Å². The molecule has 0 spiro atoms. The molecule has 4 heteroatoms. The number of carbonyl (C=O) groups excluding carboxylic acids is 1. The first-order chi connectivity index (χ1) is 7.06. The van der Waals surface area contributed by atoms with Crippen molar-refractivity contribution < 1.29 is 9.90 Å². The molecule has 0 bridgehead atoms. The minimum absolute atomic E-state index is 0.0480. The molecule has 0 unspecified atom stereocenters. The Bertz CT molecular complexity index is 380. The number of rotatable bonds is 2. The van der Waals surface area contributed by atoms with E-state index in [1.807, 2.05) is 24.6 Å². The van der Waals surface area contributed by atoms with Crippen molar-refractivity contribution in [2.75, 3.05) is 13.1 Å². The van der Waals surface area contributed by atoms with E-state index >= 15 is 0 Å². The summed E-state index contributed by atoms with van der Waals surface area (Å²) < 4.78 is 0. The van der Waals surface area contributed by atoms with E-state index in [1.54, 1.807) is 16.2 Å². The summed E-state index contributed by atoms with van der Waals surface area (Å²) >= 11 is 1.54. The molecule has 1 fully saturated rings. The van der Waals surface area contributed by atoms with Gasteiger partial charge in [0.2, 0.25) is 0 Å². The molecule has 3 nitrogen and oxygen atoms in total. The summed E-state index contributed by atoms with van der Waals surface area (Å²) in [5.41, 5.74) is 1.16. The van der Waals surface area contributed by atoms with Crippen LogP contribution in [0.5, 0.6) is 0 Å². The van der Waals surface area contributed by atoms with Crippen LogP contribution in [0.2, 0.25) is 0 Å². The lowest BCUT2D eigenvalue weighted by molar-refractivity contribution is -0.0826. The number of β-amino-alcohol motifs (C(OH)–C–C–N with tert-alkyl or cyclic N) is 1. The topological polar surface area (TPSA) is 40.5 Å². The predicted molar refractivity (Wildman–Crippen MR) is 60.2 cm³/mol. The smallest absolute Gasteiger partial charge is 0.255 e. The van der Waals surface area contributed by atoms with Gasteiger partial charge in [-0.25, -0.2) is 0 Å². The van der Waals surface area contributed by atoms with Crippen LogP contribution in [-0.2, 0) is 0 Å². The second-order valence-electron chi connectivity index (χ2n) is 4.21. The standard InChI is InChI=1S/C11H15NO2S/c1-3-11(14)6-12(7-11)10(13)9-5-15-4-8(9)2/h4-5,14H,3,6-7H2,1-2H3. The van der Waals surface area contributed by atoms with E-state index in [0.717, 1.165) is 11.1 Å². The summed E-state index contributed by atoms with van der Waals surface area (Å²) in [6.07, 6.45) is 0.708. The van der Waals surface area contributed by atoms with Crippen molar-refractivity contribution >= 4 is 17.2 Å². The molecule has 1 aliphatic rings. The summed E-state index contributed by atoms with van der Waals surface area (Å²) in [6, 6.07) is 0. The number of hydrogen-bond donors (Lipinski definition) is 1. The van der Waals surface area contributed by atoms with Gasteiger partial charge in [0.15, 0.2) is 0 Å². The molecule has 1 aromatic heterocycles. The Balaban J connectivity index is 2.04. The normalized spacial score (nSPS) is 18.7. The first-order valence-corrected chi connectivity index (χ1v) is 6.04. The van der Waals surface area contributed by atoms with Gasteiger partial charge in [-0.15, -0.1) is 0 Å². The maximum Gasteiger partial charge on any atom is 0.255 e. The number of likely N-dealkylation sites (tertiary alicyclic amines) is 1. The number of aliphatic hydroxyl groups is 1. The Morgan fingerprint density at radius 3 is 2.73 bits per heavy atom. The van der Waals surface area contributed by atoms with Crippen LogP contribution < -0.4 is 0 Å². The molecule has 0 aliphatic carbocycles. The highest BCUT2D eigenvalue weighted by Crippen LogP contribution is 2.27. The predicted octanol–water partition coefficient (Wildman–Crippen LogP) is 1.65. The Hall–Kier alpha value is -0.870. The van der Waals surface area contributed by atoms with Gasteiger partial charge in [-0.05, 0) is 24.3 Å². The average Bonchev–Trinajstić information content (AvgIpc) is 2.58. The maximum atomic E-state index is 11.9. The Morgan fingerprint density at radius 2 is 2.27 bits per heavy atom. The van der Waals surface area contributed by atoms with E-state index in [0.29, 0.717) is 19.5 Å². The molecule has 1 N–H and O–H groups in total. The molecule has 2 rings (SSSR count). The summed E-state index contributed by atoms with van der Waals surface area (Å²) in [5.74, 6) is 0.0480. The Labute approximate surface area is 93.3 Å². The number of amides is 1. The quantitative estimate of drug-likeness (QED) is 0.831. The summed E-state index contributed by atoms with van der Waals surface area (Å²) in [4.78, 5) is 13.6. The van der Waals surface area contributed by atoms with Crippen LogP contribution in [0.25, 0.3) is 0 Å². The zero-order valence-electron chi connectivity index (χ0n) is 8.99. The molecule has 0 saturated carbocycles. The van der Waals surface area contributed by atoms with Gasteiger partial charge in [-0.3, -0.25) is 4.79 Å². The van der Waals surface area contributed by atoms with Crippen molar-refractivity contribution in [1.82, 2.24) is 4.90 Å². The summed E-state index contributed by atoms with van der Waals surface area (Å²) in [6.45, 7) is 4.82. The number of hydrogen-bond acceptors (Lipinski definition) is 3. The third-order valence-corrected chi connectivity index (χ3v) is 3.86. The van der Waals surface area contributed by atoms with Crippen LogP contribution >= 0.6 is 11.3 Å². The fourth-order valence-electron chi connectivity index (χ4n) is 1.78. The lowest BCUT2D eigenvalue weighted by Gasteiger charge is -2.46. The van der Waals surface area contributed by atoms with E-state index in [9.17, 15) is 9.90 Å². The highest BCUT2D eigenvalue weighted by atomic mass is 32.1. The van der Waals surface area contributed by atoms with Crippen molar-refractivity contribution in [3.8, 4) is 0 Å². The molecule has 1 aliphatic heterocycles. The van der Waals surface area contributed by atoms with Gasteiger partial charge in [-0.1, -0.05) is 6.92 Å². The maximum absolute atomic E-state index is 11.9. The first kappa shape index (κ1) is 10.6. The SMILES string of the molecule is CCC1(O)CN(C(=O)c2cscc2C)C1. The molecular formula is C11H15NO2S. The van der Waals surface area contributed by atoms with Crippen LogP contribution in [0.4, 0.5) is 0 Å². The molecule has 1 amide bonds. The van der Waals surface area contributed by atoms with E-state index in [-0.39, 0.29) is 5.91 Å². The van der Waals surface area contributed by atoms with E-state index in [2.05, 4.69) is 0 Å². The molecule has 1 aromatic rings. The van der Waals surface area contributed by atoms with Crippen LogP contribution in [0.15, 0.2) is 10.8 Å². The van der Waals surface area contributed by atoms with Crippen molar-refractivity contribution in [2.24, 2.45) is 0 Å². The molecule has 82 valence electrons. The fraction of sp³-hybridized carbons (Fsp3) is 0.545. The molecule has 1 saturated heterocycles. The lowest BCUT2D eigenvalue weighted by atomic mass is 9.90. The van der Waals surface area contributed by atoms with Crippen molar-refractivity contribution in [3.63, 3.8) is 0 Å². The zero-order chi connectivity index (χ0) is 11.1. The van der Waals surface area contributed by atoms with Crippen LogP contribution in [0.1, 0.15) is 29.3 Å². The second-order valence-corrected chi connectivity index (χ2v) is 4.95. The lowest BCUT2D eigenvalue weighted by Crippen LogP contribution is -2.63. The van der Waals surface area contributed by atoms with Gasteiger partial charge in [0.1, 0.15) is 0 Å². The number of thiophene rings is 1. The number of nitrogens with zero attached hydrogens (tertiary/aromatic N) is 1. The first-order valence-electron chi connectivity index (χ1n) is 5.10. The average molecular weight is 225 g/mol. The van der Waals surface area contributed by atoms with Crippen molar-refractivity contribution in [2.45, 2.75) is 25.9 Å². The van der Waals surface area contributed by atoms with E-state index < -0.39 is 5.60 Å². The van der Waals surface area contributed by atoms with Crippen molar-refractivity contribution in [3.05, 3.63) is 21.9 Å². The molecule has 0 radical (unpaired) electrons. The molecule has 2 heterocycles. The Morgan fingerprint density at radius 1 is 1.60 bits per heavy atom. The minimum Gasteiger partial charge on any atom is -0.386 e. The number of aryl methyl sites for hydroxylation is 1. The van der Waals surface area contributed by atoms with Gasteiger partial charge in [0, 0.05) is 5.38 Å². The van der Waals surface area contributed by atoms with Gasteiger partial charge in [0.05, 0.1) is 24.3 Å². The molecule has 0 atom stereocenters. The van der Waals surface area contributed by atoms with E-state index in [4.69, 9.17) is 0 Å². The van der Waals surface area contributed by atoms with Gasteiger partial charge in [0.25, 0.3) is 5.91 Å². The largest absolute Gasteiger partial charge is 0.386 e.